The number of carbonyl (C=O) groups is 1. The highest BCUT2D eigenvalue weighted by molar-refractivity contribution is 6.03. The van der Waals surface area contributed by atoms with Gasteiger partial charge in [0.15, 0.2) is 0 Å². The lowest BCUT2D eigenvalue weighted by Crippen LogP contribution is -2.28. The Morgan fingerprint density at radius 3 is 3.00 bits per heavy atom. The van der Waals surface area contributed by atoms with Gasteiger partial charge in [-0.15, -0.1) is 0 Å². The van der Waals surface area contributed by atoms with Crippen molar-refractivity contribution in [3.63, 3.8) is 0 Å². The minimum Gasteiger partial charge on any atom is -0.369 e. The van der Waals surface area contributed by atoms with Gasteiger partial charge in [-0.1, -0.05) is 13.0 Å². The average Bonchev–Trinajstić information content (AvgIpc) is 2.99. The van der Waals surface area contributed by atoms with Gasteiger partial charge >= 0.3 is 0 Å². The molecule has 0 bridgehead atoms. The molecule has 0 aliphatic carbocycles. The Kier molecular flexibility index (Phi) is 3.66. The summed E-state index contributed by atoms with van der Waals surface area (Å²) in [7, 11) is 0. The molecule has 1 amide bonds. The van der Waals surface area contributed by atoms with Crippen molar-refractivity contribution in [2.45, 2.75) is 45.2 Å². The summed E-state index contributed by atoms with van der Waals surface area (Å²) >= 11 is 0. The van der Waals surface area contributed by atoms with Crippen LogP contribution in [0.4, 0.5) is 11.4 Å². The molecule has 4 heteroatoms. The Morgan fingerprint density at radius 2 is 2.30 bits per heavy atom. The van der Waals surface area contributed by atoms with Crippen molar-refractivity contribution in [3.05, 3.63) is 23.8 Å². The van der Waals surface area contributed by atoms with Gasteiger partial charge < -0.3 is 15.5 Å². The zero-order chi connectivity index (χ0) is 14.1. The van der Waals surface area contributed by atoms with Gasteiger partial charge in [0.05, 0.1) is 0 Å². The van der Waals surface area contributed by atoms with Crippen molar-refractivity contribution in [2.24, 2.45) is 0 Å². The van der Waals surface area contributed by atoms with E-state index in [0.717, 1.165) is 30.8 Å². The van der Waals surface area contributed by atoms with Crippen molar-refractivity contribution in [2.75, 3.05) is 23.3 Å². The molecule has 2 atom stereocenters. The van der Waals surface area contributed by atoms with E-state index in [1.165, 1.54) is 18.5 Å². The number of nitrogens with one attached hydrogen (secondary N) is 2. The Morgan fingerprint density at radius 1 is 1.45 bits per heavy atom. The molecule has 1 aromatic rings. The number of rotatable bonds is 4. The lowest BCUT2D eigenvalue weighted by Gasteiger charge is -2.24. The molecule has 2 N–H and O–H groups in total. The molecule has 108 valence electrons. The summed E-state index contributed by atoms with van der Waals surface area (Å²) in [6.07, 6.45) is 3.54. The van der Waals surface area contributed by atoms with E-state index in [2.05, 4.69) is 47.6 Å². The zero-order valence-electron chi connectivity index (χ0n) is 12.3. The van der Waals surface area contributed by atoms with Crippen molar-refractivity contribution in [1.82, 2.24) is 5.32 Å². The number of hydrogen-bond acceptors (Lipinski definition) is 3. The molecular formula is C16H23N3O. The molecule has 1 fully saturated rings. The molecule has 2 heterocycles. The van der Waals surface area contributed by atoms with Gasteiger partial charge in [-0.3, -0.25) is 4.79 Å². The molecule has 0 spiro atoms. The summed E-state index contributed by atoms with van der Waals surface area (Å²) < 4.78 is 0. The molecule has 2 aliphatic heterocycles. The highest BCUT2D eigenvalue weighted by atomic mass is 16.2. The van der Waals surface area contributed by atoms with Crippen LogP contribution in [0, 0.1) is 0 Å². The molecule has 0 radical (unpaired) electrons. The molecular weight excluding hydrogens is 250 g/mol. The summed E-state index contributed by atoms with van der Waals surface area (Å²) in [4.78, 5) is 14.5. The van der Waals surface area contributed by atoms with E-state index in [-0.39, 0.29) is 11.9 Å². The number of nitrogens with zero attached hydrogens (tertiary/aromatic N) is 1. The second kappa shape index (κ2) is 5.44. The molecule has 1 saturated heterocycles. The first-order valence-electron chi connectivity index (χ1n) is 7.65. The number of benzene rings is 1. The predicted octanol–water partition coefficient (Wildman–Crippen LogP) is 2.67. The first-order valence-corrected chi connectivity index (χ1v) is 7.65. The van der Waals surface area contributed by atoms with E-state index in [1.54, 1.807) is 0 Å². The maximum absolute atomic E-state index is 12.0. The molecule has 4 nitrogen and oxygen atoms in total. The van der Waals surface area contributed by atoms with E-state index in [4.69, 9.17) is 0 Å². The topological polar surface area (TPSA) is 44.4 Å². The fraction of sp³-hybridized carbons (Fsp3) is 0.562. The second-order valence-electron chi connectivity index (χ2n) is 5.83. The van der Waals surface area contributed by atoms with Crippen LogP contribution in [0.3, 0.4) is 0 Å². The number of anilines is 2. The van der Waals surface area contributed by atoms with Crippen LogP contribution in [-0.4, -0.2) is 25.0 Å². The van der Waals surface area contributed by atoms with Gasteiger partial charge in [-0.2, -0.15) is 0 Å². The summed E-state index contributed by atoms with van der Waals surface area (Å²) in [5.41, 5.74) is 3.28. The van der Waals surface area contributed by atoms with E-state index in [9.17, 15) is 4.79 Å². The Bertz CT molecular complexity index is 514. The normalized spacial score (nSPS) is 24.9. The molecule has 20 heavy (non-hydrogen) atoms. The molecule has 2 unspecified atom stereocenters. The van der Waals surface area contributed by atoms with Gasteiger partial charge in [0.2, 0.25) is 5.91 Å². The third-order valence-corrected chi connectivity index (χ3v) is 4.35. The molecule has 2 aliphatic rings. The largest absolute Gasteiger partial charge is 0.369 e. The van der Waals surface area contributed by atoms with E-state index in [0.29, 0.717) is 6.04 Å². The molecule has 0 saturated carbocycles. The Hall–Kier alpha value is -1.55. The third-order valence-electron chi connectivity index (χ3n) is 4.35. The average molecular weight is 273 g/mol. The molecule has 0 aromatic heterocycles. The van der Waals surface area contributed by atoms with Crippen LogP contribution in [0.1, 0.15) is 44.7 Å². The minimum atomic E-state index is -0.185. The monoisotopic (exact) mass is 273 g/mol. The number of fused-ring (bicyclic) bond motifs is 1. The third kappa shape index (κ3) is 2.29. The summed E-state index contributed by atoms with van der Waals surface area (Å²) in [5, 5.41) is 6.32. The smallest absolute Gasteiger partial charge is 0.246 e. The Balaban J connectivity index is 1.84. The van der Waals surface area contributed by atoms with Crippen LogP contribution in [0.15, 0.2) is 18.2 Å². The van der Waals surface area contributed by atoms with Crippen LogP contribution in [0.25, 0.3) is 0 Å². The van der Waals surface area contributed by atoms with Crippen LogP contribution in [-0.2, 0) is 4.79 Å². The fourth-order valence-corrected chi connectivity index (χ4v) is 3.24. The highest BCUT2D eigenvalue weighted by Crippen LogP contribution is 2.35. The standard InChI is InChI=1S/C16H23N3O/c1-3-8-17-15-13-7-6-12(10-14(13)18-16(15)20)19-9-4-5-11(19)2/h6-7,10-11,15,17H,3-5,8-9H2,1-2H3,(H,18,20). The first kappa shape index (κ1) is 13.4. The maximum atomic E-state index is 12.0. The lowest BCUT2D eigenvalue weighted by molar-refractivity contribution is -0.117. The van der Waals surface area contributed by atoms with Crippen LogP contribution in [0.5, 0.6) is 0 Å². The fourth-order valence-electron chi connectivity index (χ4n) is 3.24. The summed E-state index contributed by atoms with van der Waals surface area (Å²) in [5.74, 6) is 0.0695. The van der Waals surface area contributed by atoms with Crippen molar-refractivity contribution < 1.29 is 4.79 Å². The molecule has 1 aromatic carbocycles. The van der Waals surface area contributed by atoms with Crippen molar-refractivity contribution in [1.29, 1.82) is 0 Å². The number of amides is 1. The van der Waals surface area contributed by atoms with Crippen LogP contribution in [0.2, 0.25) is 0 Å². The van der Waals surface area contributed by atoms with Crippen molar-refractivity contribution in [3.8, 4) is 0 Å². The van der Waals surface area contributed by atoms with Gasteiger partial charge in [-0.25, -0.2) is 0 Å². The predicted molar refractivity (Wildman–Crippen MR) is 82.1 cm³/mol. The number of carbonyl (C=O) groups excluding carboxylic acids is 1. The lowest BCUT2D eigenvalue weighted by atomic mass is 10.1. The van der Waals surface area contributed by atoms with E-state index >= 15 is 0 Å². The SMILES string of the molecule is CCCNC1C(=O)Nc2cc(N3CCCC3C)ccc21. The van der Waals surface area contributed by atoms with Crippen molar-refractivity contribution >= 4 is 17.3 Å². The number of hydrogen-bond donors (Lipinski definition) is 2. The quantitative estimate of drug-likeness (QED) is 0.886. The molecule has 3 rings (SSSR count). The minimum absolute atomic E-state index is 0.0695. The summed E-state index contributed by atoms with van der Waals surface area (Å²) in [6, 6.07) is 6.79. The Labute approximate surface area is 120 Å². The summed E-state index contributed by atoms with van der Waals surface area (Å²) in [6.45, 7) is 6.36. The van der Waals surface area contributed by atoms with Gasteiger partial charge in [0.1, 0.15) is 6.04 Å². The first-order chi connectivity index (χ1) is 9.70. The zero-order valence-corrected chi connectivity index (χ0v) is 12.3. The van der Waals surface area contributed by atoms with Gasteiger partial charge in [0.25, 0.3) is 0 Å². The maximum Gasteiger partial charge on any atom is 0.246 e. The van der Waals surface area contributed by atoms with E-state index < -0.39 is 0 Å². The van der Waals surface area contributed by atoms with Gasteiger partial charge in [-0.05, 0) is 44.9 Å². The van der Waals surface area contributed by atoms with Gasteiger partial charge in [0, 0.05) is 29.5 Å². The highest BCUT2D eigenvalue weighted by Gasteiger charge is 2.31. The van der Waals surface area contributed by atoms with Crippen LogP contribution < -0.4 is 15.5 Å². The second-order valence-corrected chi connectivity index (χ2v) is 5.83. The van der Waals surface area contributed by atoms with E-state index in [1.807, 2.05) is 0 Å². The van der Waals surface area contributed by atoms with Crippen LogP contribution >= 0.6 is 0 Å².